The lowest BCUT2D eigenvalue weighted by atomic mass is 10.00. The number of carbonyl (C=O) groups excluding carboxylic acids is 1. The number of fused-ring (bicyclic) bond motifs is 1. The third kappa shape index (κ3) is 5.65. The van der Waals surface area contributed by atoms with Gasteiger partial charge in [-0.3, -0.25) is 9.20 Å². The van der Waals surface area contributed by atoms with Gasteiger partial charge in [-0.15, -0.1) is 11.3 Å². The molecule has 3 aromatic heterocycles. The summed E-state index contributed by atoms with van der Waals surface area (Å²) in [6, 6.07) is 9.24. The third-order valence-electron chi connectivity index (χ3n) is 7.56. The van der Waals surface area contributed by atoms with E-state index in [4.69, 9.17) is 9.47 Å². The number of anilines is 2. The monoisotopic (exact) mass is 614 g/mol. The fourth-order valence-electron chi connectivity index (χ4n) is 5.39. The molecule has 1 aromatic carbocycles. The molecule has 2 aliphatic heterocycles. The summed E-state index contributed by atoms with van der Waals surface area (Å²) >= 11 is 1.13. The topological polar surface area (TPSA) is 118 Å². The van der Waals surface area contributed by atoms with Crippen LogP contribution in [0.15, 0.2) is 54.3 Å². The zero-order chi connectivity index (χ0) is 29.4. The normalized spacial score (nSPS) is 19.7. The Labute approximate surface area is 247 Å². The minimum absolute atomic E-state index is 0.0228. The number of thiazole rings is 1. The summed E-state index contributed by atoms with van der Waals surface area (Å²) < 4.78 is 57.2. The van der Waals surface area contributed by atoms with Gasteiger partial charge in [0.2, 0.25) is 0 Å². The number of aromatic nitrogens is 3. The Hall–Kier alpha value is -3.75. The van der Waals surface area contributed by atoms with Crippen molar-refractivity contribution in [2.75, 3.05) is 36.0 Å². The van der Waals surface area contributed by atoms with E-state index in [2.05, 4.69) is 14.7 Å². The van der Waals surface area contributed by atoms with E-state index in [9.17, 15) is 13.2 Å². The fraction of sp³-hybridized carbons (Fsp3) is 0.393. The average Bonchev–Trinajstić information content (AvgIpc) is 3.73. The minimum atomic E-state index is -4.22. The number of ether oxygens (including phenoxy) is 2. The lowest BCUT2D eigenvalue weighted by Crippen LogP contribution is -2.42. The van der Waals surface area contributed by atoms with Gasteiger partial charge in [-0.2, -0.15) is 8.42 Å². The van der Waals surface area contributed by atoms with E-state index in [0.717, 1.165) is 45.4 Å². The largest absolute Gasteiger partial charge is 0.490 e. The molecule has 0 radical (unpaired) electrons. The molecule has 14 heteroatoms. The van der Waals surface area contributed by atoms with Gasteiger partial charge in [0, 0.05) is 56.2 Å². The zero-order valence-electron chi connectivity index (χ0n) is 23.1. The molecule has 4 aromatic rings. The Kier molecular flexibility index (Phi) is 7.77. The maximum Gasteiger partial charge on any atom is 0.328 e. The number of nitrogens with zero attached hydrogens (tertiary/aromatic N) is 5. The summed E-state index contributed by atoms with van der Waals surface area (Å²) in [5.74, 6) is -0.120. The van der Waals surface area contributed by atoms with Gasteiger partial charge in [0.25, 0.3) is 5.91 Å². The van der Waals surface area contributed by atoms with Crippen LogP contribution in [0.5, 0.6) is 5.75 Å². The van der Waals surface area contributed by atoms with Gasteiger partial charge in [-0.05, 0) is 25.1 Å². The first-order valence-corrected chi connectivity index (χ1v) is 15.9. The van der Waals surface area contributed by atoms with E-state index in [-0.39, 0.29) is 35.9 Å². The molecule has 2 atom stereocenters. The minimum Gasteiger partial charge on any atom is -0.490 e. The number of hydrogen-bond donors (Lipinski definition) is 1. The number of amides is 1. The fourth-order valence-corrected chi connectivity index (χ4v) is 7.06. The number of imidazole rings is 1. The Morgan fingerprint density at radius 3 is 2.79 bits per heavy atom. The molecule has 0 saturated carbocycles. The van der Waals surface area contributed by atoms with Crippen molar-refractivity contribution < 1.29 is 27.1 Å². The number of aryl methyl sites for hydroxylation is 1. The maximum absolute atomic E-state index is 15.1. The van der Waals surface area contributed by atoms with Gasteiger partial charge in [0.15, 0.2) is 5.13 Å². The summed E-state index contributed by atoms with van der Waals surface area (Å²) in [6.07, 6.45) is 5.32. The quantitative estimate of drug-likeness (QED) is 0.316. The molecular formula is C28H31FN6O5S2. The van der Waals surface area contributed by atoms with Crippen LogP contribution in [0.3, 0.4) is 0 Å². The van der Waals surface area contributed by atoms with E-state index in [1.54, 1.807) is 17.6 Å². The molecule has 1 N–H and O–H groups in total. The number of hydrogen-bond acceptors (Lipinski definition) is 9. The first-order valence-electron chi connectivity index (χ1n) is 13.6. The van der Waals surface area contributed by atoms with Crippen molar-refractivity contribution in [3.8, 4) is 5.75 Å². The van der Waals surface area contributed by atoms with Crippen molar-refractivity contribution in [2.24, 2.45) is 0 Å². The molecule has 0 aliphatic carbocycles. The molecule has 1 amide bonds. The molecular weight excluding hydrogens is 583 g/mol. The Morgan fingerprint density at radius 2 is 2.02 bits per heavy atom. The van der Waals surface area contributed by atoms with Crippen molar-refractivity contribution in [1.82, 2.24) is 19.1 Å². The molecule has 2 aliphatic rings. The van der Waals surface area contributed by atoms with Crippen molar-refractivity contribution in [3.63, 3.8) is 0 Å². The van der Waals surface area contributed by atoms with Crippen LogP contribution in [0.25, 0.3) is 5.65 Å². The number of halogens is 1. The third-order valence-corrected chi connectivity index (χ3v) is 9.86. The summed E-state index contributed by atoms with van der Waals surface area (Å²) in [6.45, 7) is 3.45. The van der Waals surface area contributed by atoms with E-state index in [1.165, 1.54) is 23.8 Å². The predicted octanol–water partition coefficient (Wildman–Crippen LogP) is 4.06. The molecule has 2 fully saturated rings. The Morgan fingerprint density at radius 1 is 1.21 bits per heavy atom. The van der Waals surface area contributed by atoms with Crippen LogP contribution < -0.4 is 18.7 Å². The second-order valence-electron chi connectivity index (χ2n) is 10.4. The Bertz CT molecular complexity index is 1690. The van der Waals surface area contributed by atoms with E-state index in [0.29, 0.717) is 24.5 Å². The highest BCUT2D eigenvalue weighted by Crippen LogP contribution is 2.42. The number of rotatable bonds is 8. The molecule has 6 rings (SSSR count). The SMILES string of the molecule is Cc1ccc(OC2CCOCC2)c([C@H]2C[C@H](F)CN2c2ccc3ncc(C(=O)NS(=O)(=O)N(C)c4nccs4)n3c2)c1. The lowest BCUT2D eigenvalue weighted by Gasteiger charge is -2.30. The van der Waals surface area contributed by atoms with Crippen LogP contribution in [0.1, 0.15) is 46.9 Å². The van der Waals surface area contributed by atoms with Crippen LogP contribution in [0, 0.1) is 6.92 Å². The molecule has 0 spiro atoms. The zero-order valence-corrected chi connectivity index (χ0v) is 24.8. The molecule has 222 valence electrons. The lowest BCUT2D eigenvalue weighted by molar-refractivity contribution is 0.0250. The van der Waals surface area contributed by atoms with Crippen molar-refractivity contribution in [3.05, 3.63) is 71.1 Å². The number of nitrogens with one attached hydrogen (secondary N) is 1. The number of benzene rings is 1. The van der Waals surface area contributed by atoms with E-state index < -0.39 is 22.3 Å². The van der Waals surface area contributed by atoms with E-state index in [1.807, 2.05) is 36.1 Å². The van der Waals surface area contributed by atoms with Gasteiger partial charge in [-0.1, -0.05) is 17.7 Å². The molecule has 11 nitrogen and oxygen atoms in total. The average molecular weight is 615 g/mol. The van der Waals surface area contributed by atoms with Gasteiger partial charge >= 0.3 is 10.2 Å². The Balaban J connectivity index is 1.30. The second-order valence-corrected chi connectivity index (χ2v) is 13.0. The molecule has 42 heavy (non-hydrogen) atoms. The number of carbonyl (C=O) groups is 1. The first-order chi connectivity index (χ1) is 20.2. The van der Waals surface area contributed by atoms with Crippen LogP contribution >= 0.6 is 11.3 Å². The van der Waals surface area contributed by atoms with Crippen molar-refractivity contribution in [1.29, 1.82) is 0 Å². The van der Waals surface area contributed by atoms with Crippen molar-refractivity contribution >= 4 is 43.9 Å². The van der Waals surface area contributed by atoms with Gasteiger partial charge in [-0.25, -0.2) is 23.4 Å². The standard InChI is InChI=1S/C28H31FN6O5S2/c1-18-3-5-25(40-21-7-10-39-11-8-21)22(13-18)23-14-19(29)16-34(23)20-4-6-26-31-15-24(35(26)17-20)27(36)32-42(37,38)33(2)28-30-9-12-41-28/h3-6,9,12-13,15,17,19,21,23H,7-8,10-11,14,16H2,1-2H3,(H,32,36)/t19-,23+/m0/s1. The van der Waals surface area contributed by atoms with Crippen molar-refractivity contribution in [2.45, 2.75) is 44.5 Å². The van der Waals surface area contributed by atoms with Crippen LogP contribution in [0.2, 0.25) is 0 Å². The highest BCUT2D eigenvalue weighted by atomic mass is 32.2. The first kappa shape index (κ1) is 28.4. The summed E-state index contributed by atoms with van der Waals surface area (Å²) in [5.41, 5.74) is 3.08. The maximum atomic E-state index is 15.1. The van der Waals surface area contributed by atoms with Gasteiger partial charge < -0.3 is 14.4 Å². The summed E-state index contributed by atoms with van der Waals surface area (Å²) in [7, 11) is -2.90. The predicted molar refractivity (Wildman–Crippen MR) is 157 cm³/mol. The van der Waals surface area contributed by atoms with E-state index >= 15 is 4.39 Å². The number of alkyl halides is 1. The van der Waals surface area contributed by atoms with Crippen LogP contribution in [-0.4, -0.2) is 67.8 Å². The summed E-state index contributed by atoms with van der Waals surface area (Å²) in [4.78, 5) is 23.4. The second kappa shape index (κ2) is 11.5. The smallest absolute Gasteiger partial charge is 0.328 e. The van der Waals surface area contributed by atoms with Gasteiger partial charge in [0.1, 0.15) is 29.4 Å². The molecule has 0 bridgehead atoms. The molecule has 2 saturated heterocycles. The summed E-state index contributed by atoms with van der Waals surface area (Å²) in [5, 5.41) is 1.85. The van der Waals surface area contributed by atoms with Crippen LogP contribution in [-0.2, 0) is 14.9 Å². The highest BCUT2D eigenvalue weighted by molar-refractivity contribution is 7.91. The highest BCUT2D eigenvalue weighted by Gasteiger charge is 2.36. The molecule has 0 unspecified atom stereocenters. The molecule has 5 heterocycles. The van der Waals surface area contributed by atoms with Gasteiger partial charge in [0.05, 0.1) is 31.1 Å². The number of pyridine rings is 1. The van der Waals surface area contributed by atoms with Crippen LogP contribution in [0.4, 0.5) is 15.2 Å².